The maximum atomic E-state index is 12.9. The van der Waals surface area contributed by atoms with Gasteiger partial charge in [-0.2, -0.15) is 13.2 Å². The molecule has 3 aromatic rings. The van der Waals surface area contributed by atoms with Crippen LogP contribution >= 0.6 is 11.8 Å². The lowest BCUT2D eigenvalue weighted by Gasteiger charge is -2.30. The summed E-state index contributed by atoms with van der Waals surface area (Å²) in [6.07, 6.45) is 1.46. The lowest BCUT2D eigenvalue weighted by atomic mass is 10.1. The maximum absolute atomic E-state index is 12.9. The SMILES string of the molecule is Oc1cc(NCCCCCCSc2ccnc3cc(C(F)(F)F)ccc23)ccc1N1CCNCC1. The minimum absolute atomic E-state index is 0.312. The van der Waals surface area contributed by atoms with E-state index in [4.69, 9.17) is 0 Å². The number of piperazine rings is 1. The summed E-state index contributed by atoms with van der Waals surface area (Å²) in [5, 5.41) is 17.9. The van der Waals surface area contributed by atoms with Crippen LogP contribution in [0.25, 0.3) is 10.9 Å². The number of pyridine rings is 1. The molecule has 4 rings (SSSR count). The largest absolute Gasteiger partial charge is 0.506 e. The van der Waals surface area contributed by atoms with Gasteiger partial charge < -0.3 is 20.6 Å². The van der Waals surface area contributed by atoms with Crippen molar-refractivity contribution in [2.75, 3.05) is 48.7 Å². The minimum Gasteiger partial charge on any atom is -0.506 e. The van der Waals surface area contributed by atoms with Gasteiger partial charge >= 0.3 is 6.18 Å². The van der Waals surface area contributed by atoms with Crippen LogP contribution < -0.4 is 15.5 Å². The molecule has 2 aromatic carbocycles. The van der Waals surface area contributed by atoms with Crippen molar-refractivity contribution in [3.8, 4) is 5.75 Å². The molecule has 0 radical (unpaired) electrons. The Kier molecular flexibility index (Phi) is 8.62. The number of nitrogens with zero attached hydrogens (tertiary/aromatic N) is 2. The maximum Gasteiger partial charge on any atom is 0.416 e. The second-order valence-corrected chi connectivity index (χ2v) is 9.81. The van der Waals surface area contributed by atoms with Crippen molar-refractivity contribution in [2.24, 2.45) is 0 Å². The van der Waals surface area contributed by atoms with Crippen molar-refractivity contribution >= 4 is 34.0 Å². The average molecular weight is 505 g/mol. The number of hydrogen-bond donors (Lipinski definition) is 3. The number of benzene rings is 2. The second kappa shape index (κ2) is 11.9. The molecule has 0 saturated carbocycles. The van der Waals surface area contributed by atoms with Gasteiger partial charge in [-0.1, -0.05) is 18.9 Å². The summed E-state index contributed by atoms with van der Waals surface area (Å²) in [7, 11) is 0. The first-order chi connectivity index (χ1) is 16.9. The molecule has 0 aliphatic carbocycles. The van der Waals surface area contributed by atoms with Crippen molar-refractivity contribution < 1.29 is 18.3 Å². The third kappa shape index (κ3) is 6.95. The van der Waals surface area contributed by atoms with Crippen molar-refractivity contribution in [3.63, 3.8) is 0 Å². The monoisotopic (exact) mass is 504 g/mol. The standard InChI is InChI=1S/C26H31F3N4OS/c27-26(28,29)19-5-7-21-22(17-19)32-11-9-25(21)35-16-4-2-1-3-10-31-20-6-8-23(24(34)18-20)33-14-12-30-13-15-33/h5-9,11,17-18,30-31,34H,1-4,10,12-16H2. The smallest absolute Gasteiger partial charge is 0.416 e. The topological polar surface area (TPSA) is 60.4 Å². The van der Waals surface area contributed by atoms with Crippen LogP contribution in [0.2, 0.25) is 0 Å². The number of nitrogens with one attached hydrogen (secondary N) is 2. The van der Waals surface area contributed by atoms with Gasteiger partial charge in [-0.25, -0.2) is 0 Å². The zero-order valence-corrected chi connectivity index (χ0v) is 20.4. The summed E-state index contributed by atoms with van der Waals surface area (Å²) >= 11 is 1.67. The highest BCUT2D eigenvalue weighted by Crippen LogP contribution is 2.34. The number of aromatic nitrogens is 1. The Morgan fingerprint density at radius 1 is 1.00 bits per heavy atom. The van der Waals surface area contributed by atoms with Crippen LogP contribution in [0.15, 0.2) is 53.6 Å². The molecule has 35 heavy (non-hydrogen) atoms. The summed E-state index contributed by atoms with van der Waals surface area (Å²) in [5.41, 5.74) is 1.52. The Balaban J connectivity index is 1.15. The molecule has 1 aliphatic rings. The van der Waals surface area contributed by atoms with Gasteiger partial charge in [0.25, 0.3) is 0 Å². The third-order valence-corrected chi connectivity index (χ3v) is 7.28. The van der Waals surface area contributed by atoms with E-state index in [1.54, 1.807) is 24.0 Å². The average Bonchev–Trinajstić information content (AvgIpc) is 2.85. The fourth-order valence-corrected chi connectivity index (χ4v) is 5.28. The normalized spacial score (nSPS) is 14.4. The van der Waals surface area contributed by atoms with Crippen molar-refractivity contribution in [3.05, 3.63) is 54.2 Å². The van der Waals surface area contributed by atoms with E-state index in [1.165, 1.54) is 6.07 Å². The molecule has 1 saturated heterocycles. The predicted octanol–water partition coefficient (Wildman–Crippen LogP) is 6.13. The Hall–Kier alpha value is -2.65. The van der Waals surface area contributed by atoms with Gasteiger partial charge in [0.2, 0.25) is 0 Å². The van der Waals surface area contributed by atoms with Crippen LogP contribution in [0.4, 0.5) is 24.5 Å². The van der Waals surface area contributed by atoms with E-state index in [9.17, 15) is 18.3 Å². The number of fused-ring (bicyclic) bond motifs is 1. The molecule has 9 heteroatoms. The molecule has 1 aliphatic heterocycles. The summed E-state index contributed by atoms with van der Waals surface area (Å²) in [6.45, 7) is 4.50. The van der Waals surface area contributed by atoms with E-state index >= 15 is 0 Å². The minimum atomic E-state index is -4.36. The van der Waals surface area contributed by atoms with Crippen LogP contribution in [0.3, 0.4) is 0 Å². The van der Waals surface area contributed by atoms with E-state index in [0.29, 0.717) is 11.3 Å². The van der Waals surface area contributed by atoms with Gasteiger partial charge in [0, 0.05) is 61.0 Å². The highest BCUT2D eigenvalue weighted by molar-refractivity contribution is 7.99. The molecule has 0 bridgehead atoms. The zero-order valence-electron chi connectivity index (χ0n) is 19.6. The Labute approximate surface area is 208 Å². The lowest BCUT2D eigenvalue weighted by molar-refractivity contribution is -0.137. The molecule has 0 unspecified atom stereocenters. The molecule has 0 spiro atoms. The number of alkyl halides is 3. The van der Waals surface area contributed by atoms with Gasteiger partial charge in [-0.05, 0) is 48.9 Å². The predicted molar refractivity (Wildman–Crippen MR) is 138 cm³/mol. The molecule has 3 N–H and O–H groups in total. The van der Waals surface area contributed by atoms with Crippen molar-refractivity contribution in [1.29, 1.82) is 0 Å². The zero-order chi connectivity index (χ0) is 24.7. The van der Waals surface area contributed by atoms with Gasteiger partial charge in [-0.15, -0.1) is 11.8 Å². The van der Waals surface area contributed by atoms with E-state index in [2.05, 4.69) is 20.5 Å². The summed E-state index contributed by atoms with van der Waals surface area (Å²) in [5.74, 6) is 1.22. The summed E-state index contributed by atoms with van der Waals surface area (Å²) in [4.78, 5) is 7.28. The Morgan fingerprint density at radius 2 is 1.80 bits per heavy atom. The molecule has 5 nitrogen and oxygen atoms in total. The van der Waals surface area contributed by atoms with E-state index < -0.39 is 11.7 Å². The second-order valence-electron chi connectivity index (χ2n) is 8.67. The molecule has 0 amide bonds. The van der Waals surface area contributed by atoms with E-state index in [1.807, 2.05) is 18.2 Å². The Bertz CT molecular complexity index is 1120. The molecule has 1 aromatic heterocycles. The van der Waals surface area contributed by atoms with Crippen LogP contribution in [0.1, 0.15) is 31.2 Å². The summed E-state index contributed by atoms with van der Waals surface area (Å²) < 4.78 is 38.8. The highest BCUT2D eigenvalue weighted by Gasteiger charge is 2.30. The third-order valence-electron chi connectivity index (χ3n) is 6.12. The quantitative estimate of drug-likeness (QED) is 0.228. The molecular formula is C26H31F3N4OS. The molecular weight excluding hydrogens is 473 g/mol. The first-order valence-electron chi connectivity index (χ1n) is 12.0. The number of thioether (sulfide) groups is 1. The highest BCUT2D eigenvalue weighted by atomic mass is 32.2. The molecule has 2 heterocycles. The van der Waals surface area contributed by atoms with Crippen LogP contribution in [0, 0.1) is 0 Å². The van der Waals surface area contributed by atoms with Crippen LogP contribution in [0.5, 0.6) is 5.75 Å². The van der Waals surface area contributed by atoms with Crippen LogP contribution in [-0.2, 0) is 6.18 Å². The fraction of sp³-hybridized carbons (Fsp3) is 0.423. The van der Waals surface area contributed by atoms with Crippen molar-refractivity contribution in [1.82, 2.24) is 10.3 Å². The van der Waals surface area contributed by atoms with Crippen molar-refractivity contribution in [2.45, 2.75) is 36.8 Å². The van der Waals surface area contributed by atoms with E-state index in [0.717, 1.165) is 97.9 Å². The number of aromatic hydroxyl groups is 1. The number of rotatable bonds is 10. The number of unbranched alkanes of at least 4 members (excludes halogenated alkanes) is 3. The number of halogens is 3. The van der Waals surface area contributed by atoms with Gasteiger partial charge in [0.15, 0.2) is 0 Å². The number of phenolic OH excluding ortho intramolecular Hbond substituents is 1. The summed E-state index contributed by atoms with van der Waals surface area (Å²) in [6, 6.07) is 11.4. The number of phenols is 1. The Morgan fingerprint density at radius 3 is 2.57 bits per heavy atom. The molecule has 1 fully saturated rings. The molecule has 188 valence electrons. The first-order valence-corrected chi connectivity index (χ1v) is 13.0. The number of hydrogen-bond acceptors (Lipinski definition) is 6. The van der Waals surface area contributed by atoms with Crippen LogP contribution in [-0.4, -0.2) is 48.6 Å². The van der Waals surface area contributed by atoms with E-state index in [-0.39, 0.29) is 0 Å². The number of anilines is 2. The lowest BCUT2D eigenvalue weighted by Crippen LogP contribution is -2.43. The van der Waals surface area contributed by atoms with Gasteiger partial charge in [0.1, 0.15) is 5.75 Å². The fourth-order valence-electron chi connectivity index (χ4n) is 4.23. The van der Waals surface area contributed by atoms with Gasteiger partial charge in [0.05, 0.1) is 16.8 Å². The molecule has 0 atom stereocenters. The van der Waals surface area contributed by atoms with Gasteiger partial charge in [-0.3, -0.25) is 4.98 Å². The first kappa shape index (κ1) is 25.4.